The summed E-state index contributed by atoms with van der Waals surface area (Å²) in [5.41, 5.74) is 0. The van der Waals surface area contributed by atoms with Crippen LogP contribution in [0, 0.1) is 5.92 Å². The van der Waals surface area contributed by atoms with E-state index in [1.165, 1.54) is 4.73 Å². The molecule has 0 saturated carbocycles. The van der Waals surface area contributed by atoms with Crippen LogP contribution < -0.4 is 4.22 Å². The van der Waals surface area contributed by atoms with Gasteiger partial charge in [0, 0.05) is 0 Å². The van der Waals surface area contributed by atoms with Crippen molar-refractivity contribution in [2.45, 2.75) is 18.6 Å². The van der Waals surface area contributed by atoms with Crippen molar-refractivity contribution in [1.82, 2.24) is 0 Å². The molecule has 0 aliphatic carbocycles. The maximum Gasteiger partial charge on any atom is -0.147 e. The molecule has 0 aromatic heterocycles. The van der Waals surface area contributed by atoms with Gasteiger partial charge >= 0.3 is 48.1 Å². The molecule has 1 nitrogen and oxygen atoms in total. The molecule has 44 valence electrons. The van der Waals surface area contributed by atoms with Crippen LogP contribution in [0.4, 0.5) is 0 Å². The maximum absolute atomic E-state index is 5.35. The molecular formula is C4H12ClNTi. The molecule has 3 heteroatoms. The van der Waals surface area contributed by atoms with Gasteiger partial charge in [-0.2, -0.15) is 0 Å². The summed E-state index contributed by atoms with van der Waals surface area (Å²) in [4.78, 5) is 0. The molecule has 0 aliphatic heterocycles. The molecule has 0 aliphatic rings. The minimum Gasteiger partial charge on any atom is -0.147 e. The average molecular weight is 157 g/mol. The van der Waals surface area contributed by atoms with E-state index < -0.39 is 0 Å². The van der Waals surface area contributed by atoms with E-state index >= 15 is 0 Å². The Labute approximate surface area is 60.7 Å². The smallest absolute Gasteiger partial charge is 0.147 e. The first-order valence-electron chi connectivity index (χ1n) is 2.21. The third-order valence-electron chi connectivity index (χ3n) is 0.526. The van der Waals surface area contributed by atoms with Gasteiger partial charge in [-0.3, -0.25) is 0 Å². The molecule has 0 aromatic carbocycles. The van der Waals surface area contributed by atoms with Gasteiger partial charge in [0.25, 0.3) is 0 Å². The molecule has 0 amide bonds. The molecule has 0 bridgehead atoms. The van der Waals surface area contributed by atoms with Crippen molar-refractivity contribution in [3.8, 4) is 0 Å². The van der Waals surface area contributed by atoms with E-state index in [1.54, 1.807) is 0 Å². The van der Waals surface area contributed by atoms with Gasteiger partial charge in [-0.05, 0) is 0 Å². The summed E-state index contributed by atoms with van der Waals surface area (Å²) in [6.45, 7) is 4.41. The fraction of sp³-hybridized carbons (Fsp3) is 1.00. The van der Waals surface area contributed by atoms with Crippen LogP contribution in [0.3, 0.4) is 0 Å². The molecule has 0 radical (unpaired) electrons. The van der Waals surface area contributed by atoms with Crippen LogP contribution in [0.2, 0.25) is 4.73 Å². The fourth-order valence-electron chi connectivity index (χ4n) is 0.236. The third kappa shape index (κ3) is 10.9. The van der Waals surface area contributed by atoms with Crippen LogP contribution >= 0.6 is 12.4 Å². The van der Waals surface area contributed by atoms with Gasteiger partial charge in [0.1, 0.15) is 0 Å². The molecule has 0 rings (SSSR count). The molecule has 7 heavy (non-hydrogen) atoms. The van der Waals surface area contributed by atoms with E-state index in [1.807, 2.05) is 0 Å². The molecule has 0 aromatic rings. The zero-order chi connectivity index (χ0) is 4.99. The molecule has 0 heterocycles. The Balaban J connectivity index is 0. The summed E-state index contributed by atoms with van der Waals surface area (Å²) in [7, 11) is 0. The Kier molecular flexibility index (Phi) is 10.8. The second-order valence-electron chi connectivity index (χ2n) is 1.80. The van der Waals surface area contributed by atoms with E-state index in [4.69, 9.17) is 4.22 Å². The summed E-state index contributed by atoms with van der Waals surface area (Å²) < 4.78 is 6.63. The number of hydrogen-bond donors (Lipinski definition) is 1. The largest absolute Gasteiger partial charge is 0.147 e. The minimum absolute atomic E-state index is 0. The fourth-order valence-corrected chi connectivity index (χ4v) is 0.972. The van der Waals surface area contributed by atoms with Crippen molar-refractivity contribution in [3.05, 3.63) is 0 Å². The van der Waals surface area contributed by atoms with E-state index in [-0.39, 0.29) is 31.8 Å². The van der Waals surface area contributed by atoms with Crippen molar-refractivity contribution in [2.24, 2.45) is 10.1 Å². The zero-order valence-corrected chi connectivity index (χ0v) is 7.15. The Bertz CT molecular complexity index is 32.9. The van der Waals surface area contributed by atoms with E-state index in [2.05, 4.69) is 13.8 Å². The summed E-state index contributed by atoms with van der Waals surface area (Å²) in [5, 5.41) is 0. The summed E-state index contributed by atoms with van der Waals surface area (Å²) >= 11 is -0.0370. The standard InChI is InChI=1S/C4H9.ClH.H2N.Ti/c1-4(2)3;;;/h4H,1H2,2-3H3;1H;1H2;/q;;-1;+1. The van der Waals surface area contributed by atoms with Gasteiger partial charge in [0.05, 0.1) is 0 Å². The summed E-state index contributed by atoms with van der Waals surface area (Å²) in [6.07, 6.45) is 0. The molecular weight excluding hydrogens is 145 g/mol. The Morgan fingerprint density at radius 2 is 2.00 bits per heavy atom. The number of hydrogen-bond acceptors (Lipinski definition) is 1. The van der Waals surface area contributed by atoms with E-state index in [0.717, 1.165) is 5.92 Å². The predicted molar refractivity (Wildman–Crippen MR) is 31.1 cm³/mol. The molecule has 0 unspecified atom stereocenters. The molecule has 0 fully saturated rings. The normalized spacial score (nSPS) is 8.00. The topological polar surface area (TPSA) is 26.0 Å². The Morgan fingerprint density at radius 1 is 1.57 bits per heavy atom. The van der Waals surface area contributed by atoms with Crippen molar-refractivity contribution in [1.29, 1.82) is 0 Å². The van der Waals surface area contributed by atoms with Crippen LogP contribution in [0.5, 0.6) is 0 Å². The van der Waals surface area contributed by atoms with E-state index in [0.29, 0.717) is 0 Å². The Hall–Kier alpha value is 0.964. The average Bonchev–Trinajstić information content (AvgIpc) is 1.35. The van der Waals surface area contributed by atoms with Crippen LogP contribution in [0.25, 0.3) is 0 Å². The van der Waals surface area contributed by atoms with Gasteiger partial charge in [-0.15, -0.1) is 12.4 Å². The monoisotopic (exact) mass is 157 g/mol. The quantitative estimate of drug-likeness (QED) is 0.603. The number of nitrogens with two attached hydrogens (primary N) is 1. The number of halogens is 1. The van der Waals surface area contributed by atoms with E-state index in [9.17, 15) is 0 Å². The van der Waals surface area contributed by atoms with Crippen LogP contribution in [0.15, 0.2) is 0 Å². The molecule has 0 spiro atoms. The third-order valence-corrected chi connectivity index (χ3v) is 2.17. The Morgan fingerprint density at radius 3 is 2.00 bits per heavy atom. The first-order valence-corrected chi connectivity index (χ1v) is 4.21. The number of rotatable bonds is 2. The second-order valence-corrected chi connectivity index (χ2v) is 3.08. The summed E-state index contributed by atoms with van der Waals surface area (Å²) in [5.74, 6) is 0.829. The van der Waals surface area contributed by atoms with Crippen LogP contribution in [-0.2, 0) is 19.4 Å². The first-order chi connectivity index (χ1) is 2.77. The summed E-state index contributed by atoms with van der Waals surface area (Å²) in [6, 6.07) is 0. The van der Waals surface area contributed by atoms with Crippen molar-refractivity contribution >= 4 is 12.4 Å². The van der Waals surface area contributed by atoms with Crippen molar-refractivity contribution < 1.29 is 19.4 Å². The van der Waals surface area contributed by atoms with Gasteiger partial charge in [-0.1, -0.05) is 0 Å². The van der Waals surface area contributed by atoms with Gasteiger partial charge < -0.3 is 0 Å². The van der Waals surface area contributed by atoms with Gasteiger partial charge in [-0.25, -0.2) is 0 Å². The minimum atomic E-state index is -0.0370. The molecule has 0 saturated heterocycles. The van der Waals surface area contributed by atoms with Gasteiger partial charge in [0.15, 0.2) is 0 Å². The predicted octanol–water partition coefficient (Wildman–Crippen LogP) is 1.44. The molecule has 0 atom stereocenters. The van der Waals surface area contributed by atoms with Crippen molar-refractivity contribution in [3.63, 3.8) is 0 Å². The van der Waals surface area contributed by atoms with Crippen LogP contribution in [0.1, 0.15) is 13.8 Å². The van der Waals surface area contributed by atoms with Crippen LogP contribution in [-0.4, -0.2) is 0 Å². The first kappa shape index (κ1) is 10.9. The maximum atomic E-state index is 5.35. The SMILES string of the molecule is CC(C)[CH2][Ti][NH2].Cl. The molecule has 2 N–H and O–H groups in total. The zero-order valence-electron chi connectivity index (χ0n) is 4.77. The second kappa shape index (κ2) is 6.96. The van der Waals surface area contributed by atoms with Gasteiger partial charge in [0.2, 0.25) is 0 Å². The van der Waals surface area contributed by atoms with Crippen molar-refractivity contribution in [2.75, 3.05) is 0 Å².